The Bertz CT molecular complexity index is 742. The van der Waals surface area contributed by atoms with Crippen molar-refractivity contribution in [2.24, 2.45) is 0 Å². The second-order valence-corrected chi connectivity index (χ2v) is 5.77. The molecular formula is C19H18Cl2NO2-. The Hall–Kier alpha value is -1.78. The quantitative estimate of drug-likeness (QED) is 0.697. The van der Waals surface area contributed by atoms with E-state index in [4.69, 9.17) is 16.0 Å². The minimum atomic E-state index is -0.526. The number of hydrogen-bond acceptors (Lipinski definition) is 3. The van der Waals surface area contributed by atoms with Gasteiger partial charge in [0, 0.05) is 17.1 Å². The van der Waals surface area contributed by atoms with Gasteiger partial charge in [0.15, 0.2) is 0 Å². The van der Waals surface area contributed by atoms with E-state index in [2.05, 4.69) is 5.32 Å². The molecule has 0 amide bonds. The lowest BCUT2D eigenvalue weighted by Crippen LogP contribution is -3.00. The highest BCUT2D eigenvalue weighted by Crippen LogP contribution is 2.23. The van der Waals surface area contributed by atoms with Crippen LogP contribution in [0.5, 0.6) is 0 Å². The zero-order chi connectivity index (χ0) is 16.1. The number of halogens is 2. The van der Waals surface area contributed by atoms with Crippen LogP contribution >= 0.6 is 11.6 Å². The molecule has 24 heavy (non-hydrogen) atoms. The SMILES string of the molecule is OC(CNCc1ccc(-c2ccc(Cl)cc2)o1)c1ccccc1.[Cl-]. The van der Waals surface area contributed by atoms with Gasteiger partial charge in [-0.2, -0.15) is 0 Å². The van der Waals surface area contributed by atoms with Gasteiger partial charge >= 0.3 is 0 Å². The summed E-state index contributed by atoms with van der Waals surface area (Å²) in [6.45, 7) is 1.04. The molecule has 0 fully saturated rings. The van der Waals surface area contributed by atoms with Crippen molar-refractivity contribution in [2.75, 3.05) is 6.54 Å². The number of rotatable bonds is 6. The Morgan fingerprint density at radius 3 is 2.38 bits per heavy atom. The Morgan fingerprint density at radius 1 is 0.958 bits per heavy atom. The first kappa shape index (κ1) is 18.6. The van der Waals surface area contributed by atoms with E-state index in [9.17, 15) is 5.11 Å². The standard InChI is InChI=1S/C19H18ClNO2.ClH/c20-16-8-6-15(7-9-16)19-11-10-17(23-19)12-21-13-18(22)14-4-2-1-3-5-14;/h1-11,18,21-22H,12-13H2;1H/p-1. The molecule has 5 heteroatoms. The van der Waals surface area contributed by atoms with Gasteiger partial charge in [0.2, 0.25) is 0 Å². The van der Waals surface area contributed by atoms with E-state index >= 15 is 0 Å². The maximum Gasteiger partial charge on any atom is 0.134 e. The summed E-state index contributed by atoms with van der Waals surface area (Å²) < 4.78 is 5.81. The predicted molar refractivity (Wildman–Crippen MR) is 92.3 cm³/mol. The van der Waals surface area contributed by atoms with Crippen molar-refractivity contribution in [3.8, 4) is 11.3 Å². The first-order valence-electron chi connectivity index (χ1n) is 7.51. The molecule has 0 aliphatic carbocycles. The lowest BCUT2D eigenvalue weighted by molar-refractivity contribution is -0.00000682. The summed E-state index contributed by atoms with van der Waals surface area (Å²) in [6.07, 6.45) is -0.526. The molecule has 0 saturated carbocycles. The summed E-state index contributed by atoms with van der Waals surface area (Å²) in [5.41, 5.74) is 1.89. The van der Waals surface area contributed by atoms with Crippen LogP contribution in [0.15, 0.2) is 71.1 Å². The van der Waals surface area contributed by atoms with E-state index in [1.54, 1.807) is 0 Å². The van der Waals surface area contributed by atoms with Crippen molar-refractivity contribution in [1.29, 1.82) is 0 Å². The molecule has 0 bridgehead atoms. The topological polar surface area (TPSA) is 45.4 Å². The summed E-state index contributed by atoms with van der Waals surface area (Å²) in [5.74, 6) is 1.64. The van der Waals surface area contributed by atoms with Gasteiger partial charge in [0.1, 0.15) is 11.5 Å². The van der Waals surface area contributed by atoms with Crippen molar-refractivity contribution in [1.82, 2.24) is 5.32 Å². The summed E-state index contributed by atoms with van der Waals surface area (Å²) in [6, 6.07) is 21.0. The average Bonchev–Trinajstić information content (AvgIpc) is 3.05. The van der Waals surface area contributed by atoms with Crippen LogP contribution in [0.4, 0.5) is 0 Å². The largest absolute Gasteiger partial charge is 1.00 e. The normalized spacial score (nSPS) is 11.8. The monoisotopic (exact) mass is 362 g/mol. The van der Waals surface area contributed by atoms with E-state index in [0.29, 0.717) is 18.1 Å². The van der Waals surface area contributed by atoms with E-state index in [-0.39, 0.29) is 12.4 Å². The molecule has 1 unspecified atom stereocenters. The van der Waals surface area contributed by atoms with E-state index in [0.717, 1.165) is 22.6 Å². The molecule has 1 atom stereocenters. The van der Waals surface area contributed by atoms with Crippen LogP contribution in [-0.2, 0) is 6.54 Å². The number of aliphatic hydroxyl groups is 1. The molecule has 2 N–H and O–H groups in total. The van der Waals surface area contributed by atoms with Crippen molar-refractivity contribution in [3.63, 3.8) is 0 Å². The fourth-order valence-electron chi connectivity index (χ4n) is 2.37. The predicted octanol–water partition coefficient (Wildman–Crippen LogP) is 1.43. The second kappa shape index (κ2) is 8.90. The van der Waals surface area contributed by atoms with Crippen LogP contribution in [0, 0.1) is 0 Å². The Kier molecular flexibility index (Phi) is 6.88. The van der Waals surface area contributed by atoms with E-state index < -0.39 is 6.10 Å². The van der Waals surface area contributed by atoms with E-state index in [1.807, 2.05) is 66.7 Å². The molecule has 126 valence electrons. The van der Waals surface area contributed by atoms with Crippen LogP contribution in [0.2, 0.25) is 5.02 Å². The van der Waals surface area contributed by atoms with Crippen molar-refractivity contribution >= 4 is 11.6 Å². The van der Waals surface area contributed by atoms with Gasteiger partial charge in [-0.1, -0.05) is 41.9 Å². The van der Waals surface area contributed by atoms with Gasteiger partial charge in [0.05, 0.1) is 12.6 Å². The molecule has 0 aliphatic rings. The van der Waals surface area contributed by atoms with Gasteiger partial charge < -0.3 is 27.2 Å². The maximum absolute atomic E-state index is 10.1. The highest BCUT2D eigenvalue weighted by atomic mass is 35.5. The third-order valence-electron chi connectivity index (χ3n) is 3.61. The number of benzene rings is 2. The smallest absolute Gasteiger partial charge is 0.134 e. The summed E-state index contributed by atoms with van der Waals surface area (Å²) in [4.78, 5) is 0. The van der Waals surface area contributed by atoms with Gasteiger partial charge in [-0.05, 0) is 42.0 Å². The molecular weight excluding hydrogens is 345 g/mol. The molecule has 0 radical (unpaired) electrons. The van der Waals surface area contributed by atoms with Crippen molar-refractivity contribution in [2.45, 2.75) is 12.6 Å². The Balaban J connectivity index is 0.00000208. The Labute approximate surface area is 152 Å². The molecule has 0 aliphatic heterocycles. The molecule has 3 rings (SSSR count). The third-order valence-corrected chi connectivity index (χ3v) is 3.86. The molecule has 0 saturated heterocycles. The first-order chi connectivity index (χ1) is 11.2. The first-order valence-corrected chi connectivity index (χ1v) is 7.88. The highest BCUT2D eigenvalue weighted by Gasteiger charge is 2.08. The van der Waals surface area contributed by atoms with Crippen LogP contribution in [0.1, 0.15) is 17.4 Å². The lowest BCUT2D eigenvalue weighted by Gasteiger charge is -2.11. The molecule has 3 aromatic rings. The molecule has 3 nitrogen and oxygen atoms in total. The summed E-state index contributed by atoms with van der Waals surface area (Å²) in [7, 11) is 0. The van der Waals surface area contributed by atoms with Crippen LogP contribution < -0.4 is 17.7 Å². The fraction of sp³-hybridized carbons (Fsp3) is 0.158. The number of furan rings is 1. The van der Waals surface area contributed by atoms with E-state index in [1.165, 1.54) is 0 Å². The maximum atomic E-state index is 10.1. The summed E-state index contributed by atoms with van der Waals surface area (Å²) >= 11 is 5.89. The minimum Gasteiger partial charge on any atom is -1.00 e. The molecule has 0 spiro atoms. The summed E-state index contributed by atoms with van der Waals surface area (Å²) in [5, 5.41) is 14.0. The van der Waals surface area contributed by atoms with Crippen LogP contribution in [-0.4, -0.2) is 11.7 Å². The molecule has 1 heterocycles. The Morgan fingerprint density at radius 2 is 1.67 bits per heavy atom. The molecule has 1 aromatic heterocycles. The second-order valence-electron chi connectivity index (χ2n) is 5.33. The number of aliphatic hydroxyl groups excluding tert-OH is 1. The van der Waals surface area contributed by atoms with Crippen molar-refractivity contribution < 1.29 is 21.9 Å². The number of nitrogens with one attached hydrogen (secondary N) is 1. The zero-order valence-corrected chi connectivity index (χ0v) is 14.5. The van der Waals surface area contributed by atoms with Crippen LogP contribution in [0.3, 0.4) is 0 Å². The van der Waals surface area contributed by atoms with Crippen LogP contribution in [0.25, 0.3) is 11.3 Å². The highest BCUT2D eigenvalue weighted by molar-refractivity contribution is 6.30. The fourth-order valence-corrected chi connectivity index (χ4v) is 2.49. The number of hydrogen-bond donors (Lipinski definition) is 2. The van der Waals surface area contributed by atoms with Gasteiger partial charge in [-0.3, -0.25) is 0 Å². The van der Waals surface area contributed by atoms with Crippen molar-refractivity contribution in [3.05, 3.63) is 83.1 Å². The van der Waals surface area contributed by atoms with Gasteiger partial charge in [0.25, 0.3) is 0 Å². The molecule has 2 aromatic carbocycles. The minimum absolute atomic E-state index is 0. The third kappa shape index (κ3) is 4.86. The average molecular weight is 363 g/mol. The van der Waals surface area contributed by atoms with Gasteiger partial charge in [-0.25, -0.2) is 0 Å². The zero-order valence-electron chi connectivity index (χ0n) is 13.0. The van der Waals surface area contributed by atoms with Gasteiger partial charge in [-0.15, -0.1) is 0 Å². The lowest BCUT2D eigenvalue weighted by atomic mass is 10.1.